The van der Waals surface area contributed by atoms with E-state index in [0.717, 1.165) is 38.4 Å². The van der Waals surface area contributed by atoms with E-state index in [0.29, 0.717) is 0 Å². The molecular weight excluding hydrogens is 368 g/mol. The summed E-state index contributed by atoms with van der Waals surface area (Å²) in [6, 6.07) is 29.5. The van der Waals surface area contributed by atoms with Gasteiger partial charge < -0.3 is 8.98 Å². The van der Waals surface area contributed by atoms with E-state index in [1.165, 1.54) is 21.8 Å². The summed E-state index contributed by atoms with van der Waals surface area (Å²) in [4.78, 5) is 4.46. The Bertz CT molecular complexity index is 1740. The first-order valence-corrected chi connectivity index (χ1v) is 10.1. The van der Waals surface area contributed by atoms with Crippen molar-refractivity contribution in [3.05, 3.63) is 97.3 Å². The molecule has 0 bridgehead atoms. The third kappa shape index (κ3) is 1.91. The molecule has 0 radical (unpaired) electrons. The van der Waals surface area contributed by atoms with Crippen LogP contribution < -0.4 is 0 Å². The predicted octanol–water partition coefficient (Wildman–Crippen LogP) is 7.23. The van der Waals surface area contributed by atoms with Gasteiger partial charge in [0.25, 0.3) is 0 Å². The van der Waals surface area contributed by atoms with E-state index in [2.05, 4.69) is 82.3 Å². The van der Waals surface area contributed by atoms with Gasteiger partial charge in [-0.1, -0.05) is 54.6 Å². The monoisotopic (exact) mass is 384 g/mol. The van der Waals surface area contributed by atoms with E-state index in [-0.39, 0.29) is 0 Å². The van der Waals surface area contributed by atoms with Crippen molar-refractivity contribution in [2.75, 3.05) is 0 Å². The SMILES string of the molecule is c1ccc(-n2c3ccccc3c3c4cnccc4c4oc5ccccc5c4c32)cc1. The summed E-state index contributed by atoms with van der Waals surface area (Å²) in [6.07, 6.45) is 3.81. The summed E-state index contributed by atoms with van der Waals surface area (Å²) in [5, 5.41) is 6.94. The Labute approximate surface area is 171 Å². The first-order chi connectivity index (χ1) is 14.9. The molecule has 0 amide bonds. The number of hydrogen-bond acceptors (Lipinski definition) is 2. The molecule has 7 rings (SSSR count). The molecule has 0 atom stereocenters. The Hall–Kier alpha value is -4.11. The van der Waals surface area contributed by atoms with E-state index in [1.54, 1.807) is 0 Å². The number of benzene rings is 4. The molecular formula is C27H16N2O. The molecule has 0 saturated carbocycles. The lowest BCUT2D eigenvalue weighted by molar-refractivity contribution is 0.673. The molecule has 0 unspecified atom stereocenters. The molecule has 0 N–H and O–H groups in total. The van der Waals surface area contributed by atoms with Crippen molar-refractivity contribution in [1.82, 2.24) is 9.55 Å². The van der Waals surface area contributed by atoms with Crippen LogP contribution in [0, 0.1) is 0 Å². The van der Waals surface area contributed by atoms with Gasteiger partial charge >= 0.3 is 0 Å². The van der Waals surface area contributed by atoms with Gasteiger partial charge in [-0.15, -0.1) is 0 Å². The minimum absolute atomic E-state index is 0.906. The van der Waals surface area contributed by atoms with Gasteiger partial charge in [-0.25, -0.2) is 0 Å². The highest BCUT2D eigenvalue weighted by atomic mass is 16.3. The lowest BCUT2D eigenvalue weighted by Crippen LogP contribution is -1.93. The van der Waals surface area contributed by atoms with Gasteiger partial charge in [0.2, 0.25) is 0 Å². The Morgan fingerprint density at radius 2 is 1.40 bits per heavy atom. The maximum Gasteiger partial charge on any atom is 0.145 e. The normalized spacial score (nSPS) is 12.0. The number of aromatic nitrogens is 2. The minimum atomic E-state index is 0.906. The van der Waals surface area contributed by atoms with E-state index in [9.17, 15) is 0 Å². The average molecular weight is 384 g/mol. The van der Waals surface area contributed by atoms with Gasteiger partial charge in [0.15, 0.2) is 0 Å². The molecule has 0 aliphatic carbocycles. The van der Waals surface area contributed by atoms with Gasteiger partial charge in [-0.05, 0) is 30.3 Å². The van der Waals surface area contributed by atoms with E-state index in [1.807, 2.05) is 24.5 Å². The van der Waals surface area contributed by atoms with E-state index < -0.39 is 0 Å². The standard InChI is InChI=1S/C27H16N2O/c1-2-8-17(9-3-1)29-22-12-6-4-10-19(22)24-21-16-28-15-14-18(21)27-25(26(24)29)20-11-5-7-13-23(20)30-27/h1-16H. The van der Waals surface area contributed by atoms with Gasteiger partial charge in [0, 0.05) is 45.0 Å². The number of furan rings is 1. The van der Waals surface area contributed by atoms with Crippen molar-refractivity contribution in [3.63, 3.8) is 0 Å². The summed E-state index contributed by atoms with van der Waals surface area (Å²) in [5.41, 5.74) is 5.31. The highest BCUT2D eigenvalue weighted by molar-refractivity contribution is 6.35. The maximum absolute atomic E-state index is 6.42. The molecule has 4 aromatic carbocycles. The molecule has 3 heteroatoms. The predicted molar refractivity (Wildman–Crippen MR) is 123 cm³/mol. The second kappa shape index (κ2) is 5.71. The highest BCUT2D eigenvalue weighted by Gasteiger charge is 2.22. The summed E-state index contributed by atoms with van der Waals surface area (Å²) >= 11 is 0. The number of nitrogens with zero attached hydrogens (tertiary/aromatic N) is 2. The molecule has 0 aliphatic rings. The lowest BCUT2D eigenvalue weighted by Gasteiger charge is -2.09. The third-order valence-corrected chi connectivity index (χ3v) is 6.06. The van der Waals surface area contributed by atoms with Gasteiger partial charge in [0.1, 0.15) is 11.2 Å². The highest BCUT2D eigenvalue weighted by Crippen LogP contribution is 2.45. The number of pyridine rings is 1. The molecule has 0 fully saturated rings. The van der Waals surface area contributed by atoms with Gasteiger partial charge in [-0.2, -0.15) is 0 Å². The van der Waals surface area contributed by atoms with Gasteiger partial charge in [0.05, 0.1) is 16.4 Å². The van der Waals surface area contributed by atoms with Crippen LogP contribution in [0.2, 0.25) is 0 Å². The van der Waals surface area contributed by atoms with Crippen LogP contribution in [0.15, 0.2) is 102 Å². The average Bonchev–Trinajstić information content (AvgIpc) is 3.36. The molecule has 3 heterocycles. The zero-order valence-electron chi connectivity index (χ0n) is 16.0. The maximum atomic E-state index is 6.42. The van der Waals surface area contributed by atoms with Crippen LogP contribution in [-0.4, -0.2) is 9.55 Å². The Balaban J connectivity index is 1.91. The second-order valence-corrected chi connectivity index (χ2v) is 7.64. The largest absolute Gasteiger partial charge is 0.455 e. The Morgan fingerprint density at radius 1 is 0.633 bits per heavy atom. The smallest absolute Gasteiger partial charge is 0.145 e. The number of fused-ring (bicyclic) bond motifs is 10. The number of hydrogen-bond donors (Lipinski definition) is 0. The molecule has 0 aliphatic heterocycles. The van der Waals surface area contributed by atoms with Crippen molar-refractivity contribution in [1.29, 1.82) is 0 Å². The Morgan fingerprint density at radius 3 is 2.30 bits per heavy atom. The molecule has 0 saturated heterocycles. The molecule has 3 nitrogen and oxygen atoms in total. The fraction of sp³-hybridized carbons (Fsp3) is 0. The fourth-order valence-corrected chi connectivity index (χ4v) is 4.86. The summed E-state index contributed by atoms with van der Waals surface area (Å²) in [5.74, 6) is 0. The number of para-hydroxylation sites is 3. The van der Waals surface area contributed by atoms with E-state index in [4.69, 9.17) is 4.42 Å². The van der Waals surface area contributed by atoms with Crippen LogP contribution in [-0.2, 0) is 0 Å². The van der Waals surface area contributed by atoms with Gasteiger partial charge in [-0.3, -0.25) is 4.98 Å². The molecule has 3 aromatic heterocycles. The van der Waals surface area contributed by atoms with Crippen LogP contribution in [0.25, 0.3) is 60.2 Å². The zero-order valence-corrected chi connectivity index (χ0v) is 16.0. The van der Waals surface area contributed by atoms with Crippen LogP contribution in [0.4, 0.5) is 0 Å². The zero-order chi connectivity index (χ0) is 19.7. The Kier molecular flexibility index (Phi) is 3.00. The summed E-state index contributed by atoms with van der Waals surface area (Å²) in [7, 11) is 0. The van der Waals surface area contributed by atoms with Crippen molar-refractivity contribution in [2.45, 2.75) is 0 Å². The van der Waals surface area contributed by atoms with Crippen LogP contribution >= 0.6 is 0 Å². The fourth-order valence-electron chi connectivity index (χ4n) is 4.86. The van der Waals surface area contributed by atoms with Crippen molar-refractivity contribution in [2.24, 2.45) is 0 Å². The second-order valence-electron chi connectivity index (χ2n) is 7.64. The molecule has 140 valence electrons. The number of rotatable bonds is 1. The summed E-state index contributed by atoms with van der Waals surface area (Å²) < 4.78 is 8.78. The van der Waals surface area contributed by atoms with Crippen LogP contribution in [0.3, 0.4) is 0 Å². The quantitative estimate of drug-likeness (QED) is 0.299. The molecule has 30 heavy (non-hydrogen) atoms. The van der Waals surface area contributed by atoms with Crippen molar-refractivity contribution >= 4 is 54.5 Å². The summed E-state index contributed by atoms with van der Waals surface area (Å²) in [6.45, 7) is 0. The van der Waals surface area contributed by atoms with Crippen LogP contribution in [0.5, 0.6) is 0 Å². The van der Waals surface area contributed by atoms with Crippen molar-refractivity contribution < 1.29 is 4.42 Å². The minimum Gasteiger partial charge on any atom is -0.455 e. The molecule has 7 aromatic rings. The van der Waals surface area contributed by atoms with E-state index >= 15 is 0 Å². The third-order valence-electron chi connectivity index (χ3n) is 6.06. The molecule has 0 spiro atoms. The first kappa shape index (κ1) is 15.8. The van der Waals surface area contributed by atoms with Crippen molar-refractivity contribution in [3.8, 4) is 5.69 Å². The topological polar surface area (TPSA) is 31.0 Å². The first-order valence-electron chi connectivity index (χ1n) is 10.1. The van der Waals surface area contributed by atoms with Crippen LogP contribution in [0.1, 0.15) is 0 Å². The lowest BCUT2D eigenvalue weighted by atomic mass is 10.0.